The van der Waals surface area contributed by atoms with Crippen molar-refractivity contribution in [3.63, 3.8) is 0 Å². The molecule has 178 valence electrons. The van der Waals surface area contributed by atoms with E-state index in [2.05, 4.69) is 5.10 Å². The standard InChI is InChI=1S/C22H21ClN4O5S2/c1-14-21(33-20-8-4-3-6-18(20)27(29)30)15(2)26(24-14)22(28)19-7-5-13-25(19)34(31,32)17-11-9-16(23)10-12-17/h3-4,6,8-12,19H,5,7,13H2,1-2H3/t19-/m1/s1. The van der Waals surface area contributed by atoms with E-state index in [-0.39, 0.29) is 17.1 Å². The SMILES string of the molecule is Cc1nn(C(=O)[C@H]2CCCN2S(=O)(=O)c2ccc(Cl)cc2)c(C)c1Sc1ccccc1[N+](=O)[O-]. The van der Waals surface area contributed by atoms with Crippen molar-refractivity contribution >= 4 is 45.0 Å². The number of halogens is 1. The first-order valence-corrected chi connectivity index (χ1v) is 13.0. The van der Waals surface area contributed by atoms with E-state index in [9.17, 15) is 23.3 Å². The molecule has 1 aliphatic heterocycles. The number of nitrogens with zero attached hydrogens (tertiary/aromatic N) is 4. The van der Waals surface area contributed by atoms with Gasteiger partial charge >= 0.3 is 0 Å². The smallest absolute Gasteiger partial charge is 0.271 e. The number of aryl methyl sites for hydroxylation is 1. The Balaban J connectivity index is 1.65. The van der Waals surface area contributed by atoms with Crippen molar-refractivity contribution in [1.29, 1.82) is 0 Å². The van der Waals surface area contributed by atoms with E-state index in [1.807, 2.05) is 0 Å². The maximum Gasteiger partial charge on any atom is 0.283 e. The largest absolute Gasteiger partial charge is 0.283 e. The van der Waals surface area contributed by atoms with Gasteiger partial charge in [-0.1, -0.05) is 35.5 Å². The van der Waals surface area contributed by atoms with Gasteiger partial charge in [-0.05, 0) is 57.0 Å². The zero-order valence-electron chi connectivity index (χ0n) is 18.3. The Morgan fingerprint density at radius 2 is 1.85 bits per heavy atom. The number of benzene rings is 2. The van der Waals surface area contributed by atoms with E-state index in [1.54, 1.807) is 32.0 Å². The minimum atomic E-state index is -3.90. The van der Waals surface area contributed by atoms with Crippen molar-refractivity contribution in [3.05, 3.63) is 75.1 Å². The molecule has 1 fully saturated rings. The number of nitro benzene ring substituents is 1. The number of carbonyl (C=O) groups excluding carboxylic acids is 1. The van der Waals surface area contributed by atoms with Crippen LogP contribution in [0.4, 0.5) is 5.69 Å². The third-order valence-electron chi connectivity index (χ3n) is 5.62. The van der Waals surface area contributed by atoms with Crippen molar-refractivity contribution in [1.82, 2.24) is 14.1 Å². The van der Waals surface area contributed by atoms with Crippen LogP contribution in [0.3, 0.4) is 0 Å². The number of sulfonamides is 1. The summed E-state index contributed by atoms with van der Waals surface area (Å²) >= 11 is 7.05. The lowest BCUT2D eigenvalue weighted by Crippen LogP contribution is -2.43. The minimum absolute atomic E-state index is 0.0404. The van der Waals surface area contributed by atoms with Gasteiger partial charge in [0.2, 0.25) is 10.0 Å². The lowest BCUT2D eigenvalue weighted by Gasteiger charge is -2.23. The van der Waals surface area contributed by atoms with E-state index < -0.39 is 26.9 Å². The quantitative estimate of drug-likeness (QED) is 0.341. The Labute approximate surface area is 205 Å². The number of hydrogen-bond acceptors (Lipinski definition) is 7. The fourth-order valence-electron chi connectivity index (χ4n) is 3.95. The fourth-order valence-corrected chi connectivity index (χ4v) is 6.77. The molecule has 0 amide bonds. The van der Waals surface area contributed by atoms with E-state index in [4.69, 9.17) is 11.6 Å². The average molecular weight is 521 g/mol. The van der Waals surface area contributed by atoms with E-state index in [0.29, 0.717) is 39.0 Å². The van der Waals surface area contributed by atoms with Crippen LogP contribution in [0, 0.1) is 24.0 Å². The summed E-state index contributed by atoms with van der Waals surface area (Å²) in [7, 11) is -3.90. The maximum atomic E-state index is 13.5. The summed E-state index contributed by atoms with van der Waals surface area (Å²) in [5, 5.41) is 16.2. The van der Waals surface area contributed by atoms with Gasteiger partial charge in [-0.25, -0.2) is 13.1 Å². The summed E-state index contributed by atoms with van der Waals surface area (Å²) < 4.78 is 28.9. The predicted octanol–water partition coefficient (Wildman–Crippen LogP) is 4.71. The minimum Gasteiger partial charge on any atom is -0.271 e. The molecule has 1 aromatic heterocycles. The Morgan fingerprint density at radius 3 is 2.53 bits per heavy atom. The van der Waals surface area contributed by atoms with Crippen LogP contribution < -0.4 is 0 Å². The molecule has 2 aromatic carbocycles. The molecule has 1 atom stereocenters. The Bertz CT molecular complexity index is 1370. The van der Waals surface area contributed by atoms with Gasteiger partial charge in [0.05, 0.1) is 31.0 Å². The number of hydrogen-bond donors (Lipinski definition) is 0. The van der Waals surface area contributed by atoms with Crippen LogP contribution in [0.2, 0.25) is 5.02 Å². The molecule has 0 N–H and O–H groups in total. The first kappa shape index (κ1) is 24.4. The summed E-state index contributed by atoms with van der Waals surface area (Å²) in [5.41, 5.74) is 0.988. The predicted molar refractivity (Wildman–Crippen MR) is 128 cm³/mol. The van der Waals surface area contributed by atoms with Crippen molar-refractivity contribution in [2.45, 2.75) is 47.4 Å². The van der Waals surface area contributed by atoms with Crippen LogP contribution in [0.25, 0.3) is 0 Å². The van der Waals surface area contributed by atoms with Crippen LogP contribution in [0.5, 0.6) is 0 Å². The van der Waals surface area contributed by atoms with Gasteiger partial charge in [0.15, 0.2) is 0 Å². The Hall–Kier alpha value is -2.73. The monoisotopic (exact) mass is 520 g/mol. The van der Waals surface area contributed by atoms with Crippen LogP contribution >= 0.6 is 23.4 Å². The highest BCUT2D eigenvalue weighted by molar-refractivity contribution is 7.99. The second kappa shape index (κ2) is 9.49. The summed E-state index contributed by atoms with van der Waals surface area (Å²) in [6.07, 6.45) is 0.914. The van der Waals surface area contributed by atoms with Gasteiger partial charge in [-0.3, -0.25) is 14.9 Å². The van der Waals surface area contributed by atoms with Crippen LogP contribution in [-0.4, -0.2) is 45.9 Å². The highest BCUT2D eigenvalue weighted by atomic mass is 35.5. The fraction of sp³-hybridized carbons (Fsp3) is 0.273. The first-order chi connectivity index (χ1) is 16.1. The molecular formula is C22H21ClN4O5S2. The molecule has 0 spiro atoms. The molecular weight excluding hydrogens is 500 g/mol. The molecule has 2 heterocycles. The number of nitro groups is 1. The van der Waals surface area contributed by atoms with Crippen molar-refractivity contribution in [3.8, 4) is 0 Å². The molecule has 0 bridgehead atoms. The summed E-state index contributed by atoms with van der Waals surface area (Å²) in [6, 6.07) is 11.3. The van der Waals surface area contributed by atoms with Gasteiger partial charge < -0.3 is 0 Å². The topological polar surface area (TPSA) is 115 Å². The number of carbonyl (C=O) groups is 1. The lowest BCUT2D eigenvalue weighted by molar-refractivity contribution is -0.387. The second-order valence-corrected chi connectivity index (χ2v) is 11.2. The molecule has 1 saturated heterocycles. The molecule has 1 aliphatic rings. The summed E-state index contributed by atoms with van der Waals surface area (Å²) in [5.74, 6) is -0.454. The van der Waals surface area contributed by atoms with Gasteiger partial charge in [-0.2, -0.15) is 9.40 Å². The van der Waals surface area contributed by atoms with Gasteiger partial charge in [0, 0.05) is 17.6 Å². The van der Waals surface area contributed by atoms with Gasteiger partial charge in [0.25, 0.3) is 11.6 Å². The highest BCUT2D eigenvalue weighted by Crippen LogP contribution is 2.38. The van der Waals surface area contributed by atoms with E-state index >= 15 is 0 Å². The zero-order chi connectivity index (χ0) is 24.6. The third-order valence-corrected chi connectivity index (χ3v) is 9.15. The second-order valence-electron chi connectivity index (χ2n) is 7.80. The maximum absolute atomic E-state index is 13.5. The van der Waals surface area contributed by atoms with E-state index in [0.717, 1.165) is 11.8 Å². The van der Waals surface area contributed by atoms with Crippen molar-refractivity contribution < 1.29 is 18.1 Å². The molecule has 0 aliphatic carbocycles. The van der Waals surface area contributed by atoms with Crippen molar-refractivity contribution in [2.24, 2.45) is 0 Å². The van der Waals surface area contributed by atoms with Crippen molar-refractivity contribution in [2.75, 3.05) is 6.54 Å². The van der Waals surface area contributed by atoms with Crippen LogP contribution in [-0.2, 0) is 10.0 Å². The number of para-hydroxylation sites is 1. The van der Waals surface area contributed by atoms with Crippen LogP contribution in [0.1, 0.15) is 29.0 Å². The molecule has 4 rings (SSSR count). The Morgan fingerprint density at radius 1 is 1.18 bits per heavy atom. The van der Waals surface area contributed by atoms with E-state index in [1.165, 1.54) is 39.3 Å². The molecule has 34 heavy (non-hydrogen) atoms. The normalized spacial score (nSPS) is 16.6. The molecule has 0 radical (unpaired) electrons. The third kappa shape index (κ3) is 4.48. The molecule has 9 nitrogen and oxygen atoms in total. The highest BCUT2D eigenvalue weighted by Gasteiger charge is 2.41. The number of rotatable bonds is 6. The Kier molecular flexibility index (Phi) is 6.81. The first-order valence-electron chi connectivity index (χ1n) is 10.4. The molecule has 12 heteroatoms. The summed E-state index contributed by atoms with van der Waals surface area (Å²) in [4.78, 5) is 25.5. The molecule has 0 saturated carbocycles. The summed E-state index contributed by atoms with van der Waals surface area (Å²) in [6.45, 7) is 3.63. The number of aromatic nitrogens is 2. The van der Waals surface area contributed by atoms with Crippen LogP contribution in [0.15, 0.2) is 63.2 Å². The van der Waals surface area contributed by atoms with Gasteiger partial charge in [0.1, 0.15) is 6.04 Å². The van der Waals surface area contributed by atoms with Gasteiger partial charge in [-0.15, -0.1) is 0 Å². The molecule has 0 unspecified atom stereocenters. The lowest BCUT2D eigenvalue weighted by atomic mass is 10.2. The molecule has 3 aromatic rings. The average Bonchev–Trinajstić information content (AvgIpc) is 3.41. The zero-order valence-corrected chi connectivity index (χ0v) is 20.7.